The monoisotopic (exact) mass is 325 g/mol. The second kappa shape index (κ2) is 6.40. The van der Waals surface area contributed by atoms with Gasteiger partial charge >= 0.3 is 0 Å². The first-order valence-corrected chi connectivity index (χ1v) is 8.22. The molecule has 0 unspecified atom stereocenters. The Labute approximate surface area is 132 Å². The van der Waals surface area contributed by atoms with Crippen LogP contribution in [0, 0.1) is 6.92 Å². The standard InChI is InChI=1S/C13H19N5OS2/c1-5-18(6-9(19)17(3)4)13-10(11(14)16-21-13)12-15-8(2)7-20-12/h7H,5-6H2,1-4H3,(H2,14,16). The molecular weight excluding hydrogens is 306 g/mol. The van der Waals surface area contributed by atoms with Gasteiger partial charge in [-0.05, 0) is 25.4 Å². The highest BCUT2D eigenvalue weighted by Crippen LogP contribution is 2.40. The maximum absolute atomic E-state index is 12.0. The largest absolute Gasteiger partial charge is 0.382 e. The van der Waals surface area contributed by atoms with Crippen LogP contribution in [0.5, 0.6) is 0 Å². The molecule has 0 aromatic carbocycles. The van der Waals surface area contributed by atoms with Gasteiger partial charge < -0.3 is 15.5 Å². The van der Waals surface area contributed by atoms with E-state index in [1.165, 1.54) is 11.5 Å². The number of hydrogen-bond donors (Lipinski definition) is 1. The summed E-state index contributed by atoms with van der Waals surface area (Å²) in [5, 5.41) is 3.74. The van der Waals surface area contributed by atoms with Crippen LogP contribution in [-0.4, -0.2) is 47.3 Å². The number of nitrogens with zero attached hydrogens (tertiary/aromatic N) is 4. The van der Waals surface area contributed by atoms with Crippen molar-refractivity contribution in [2.75, 3.05) is 37.8 Å². The lowest BCUT2D eigenvalue weighted by Gasteiger charge is -2.23. The number of hydrogen-bond acceptors (Lipinski definition) is 7. The Morgan fingerprint density at radius 2 is 2.14 bits per heavy atom. The first-order chi connectivity index (χ1) is 9.93. The summed E-state index contributed by atoms with van der Waals surface area (Å²) < 4.78 is 4.24. The van der Waals surface area contributed by atoms with Gasteiger partial charge in [0.25, 0.3) is 0 Å². The fourth-order valence-electron chi connectivity index (χ4n) is 1.81. The van der Waals surface area contributed by atoms with E-state index in [4.69, 9.17) is 5.73 Å². The van der Waals surface area contributed by atoms with E-state index in [0.29, 0.717) is 18.9 Å². The lowest BCUT2D eigenvalue weighted by molar-refractivity contribution is -0.127. The van der Waals surface area contributed by atoms with Gasteiger partial charge in [0.2, 0.25) is 5.91 Å². The molecule has 2 N–H and O–H groups in total. The van der Waals surface area contributed by atoms with E-state index < -0.39 is 0 Å². The number of aryl methyl sites for hydroxylation is 1. The number of nitrogen functional groups attached to an aromatic ring is 1. The van der Waals surface area contributed by atoms with Gasteiger partial charge in [-0.2, -0.15) is 4.37 Å². The Bertz CT molecular complexity index is 634. The van der Waals surface area contributed by atoms with Crippen LogP contribution in [0.1, 0.15) is 12.6 Å². The second-order valence-corrected chi connectivity index (χ2v) is 6.45. The molecule has 21 heavy (non-hydrogen) atoms. The smallest absolute Gasteiger partial charge is 0.241 e. The molecular formula is C13H19N5OS2. The first kappa shape index (κ1) is 15.7. The zero-order valence-corrected chi connectivity index (χ0v) is 14.2. The van der Waals surface area contributed by atoms with Gasteiger partial charge in [0.1, 0.15) is 15.8 Å². The van der Waals surface area contributed by atoms with Crippen molar-refractivity contribution in [3.8, 4) is 10.6 Å². The second-order valence-electron chi connectivity index (χ2n) is 4.84. The quantitative estimate of drug-likeness (QED) is 0.911. The Morgan fingerprint density at radius 1 is 1.43 bits per heavy atom. The first-order valence-electron chi connectivity index (χ1n) is 6.56. The van der Waals surface area contributed by atoms with Crippen molar-refractivity contribution < 1.29 is 4.79 Å². The molecule has 0 aliphatic heterocycles. The van der Waals surface area contributed by atoms with E-state index in [-0.39, 0.29) is 5.91 Å². The molecule has 0 saturated carbocycles. The van der Waals surface area contributed by atoms with E-state index in [2.05, 4.69) is 9.36 Å². The Kier molecular flexibility index (Phi) is 4.79. The summed E-state index contributed by atoms with van der Waals surface area (Å²) in [6.45, 7) is 4.97. The van der Waals surface area contributed by atoms with Crippen LogP contribution < -0.4 is 10.6 Å². The summed E-state index contributed by atoms with van der Waals surface area (Å²) in [6.07, 6.45) is 0. The molecule has 2 heterocycles. The molecule has 1 amide bonds. The van der Waals surface area contributed by atoms with Crippen LogP contribution in [0.3, 0.4) is 0 Å². The minimum atomic E-state index is 0.0464. The number of carbonyl (C=O) groups excluding carboxylic acids is 1. The molecule has 6 nitrogen and oxygen atoms in total. The van der Waals surface area contributed by atoms with E-state index in [1.807, 2.05) is 24.1 Å². The van der Waals surface area contributed by atoms with Crippen LogP contribution in [-0.2, 0) is 4.79 Å². The normalized spacial score (nSPS) is 10.7. The van der Waals surface area contributed by atoms with Crippen molar-refractivity contribution in [2.45, 2.75) is 13.8 Å². The molecule has 2 aromatic heterocycles. The zero-order valence-electron chi connectivity index (χ0n) is 12.6. The predicted molar refractivity (Wildman–Crippen MR) is 89.0 cm³/mol. The maximum atomic E-state index is 12.0. The van der Waals surface area contributed by atoms with E-state index in [1.54, 1.807) is 30.3 Å². The third-order valence-corrected chi connectivity index (χ3v) is 4.93. The molecule has 0 saturated heterocycles. The highest BCUT2D eigenvalue weighted by molar-refractivity contribution is 7.15. The van der Waals surface area contributed by atoms with E-state index in [9.17, 15) is 4.79 Å². The zero-order chi connectivity index (χ0) is 15.6. The van der Waals surface area contributed by atoms with Gasteiger partial charge in [0.05, 0.1) is 12.1 Å². The summed E-state index contributed by atoms with van der Waals surface area (Å²) in [6, 6.07) is 0. The average molecular weight is 325 g/mol. The molecule has 0 bridgehead atoms. The lowest BCUT2D eigenvalue weighted by Crippen LogP contribution is -2.36. The minimum Gasteiger partial charge on any atom is -0.382 e. The SMILES string of the molecule is CCN(CC(=O)N(C)C)c1snc(N)c1-c1nc(C)cs1. The summed E-state index contributed by atoms with van der Waals surface area (Å²) in [5.41, 5.74) is 7.81. The number of aromatic nitrogens is 2. The molecule has 2 rings (SSSR count). The minimum absolute atomic E-state index is 0.0464. The highest BCUT2D eigenvalue weighted by Gasteiger charge is 2.22. The van der Waals surface area contributed by atoms with Crippen molar-refractivity contribution in [3.05, 3.63) is 11.1 Å². The van der Waals surface area contributed by atoms with Crippen LogP contribution in [0.4, 0.5) is 10.8 Å². The van der Waals surface area contributed by atoms with Gasteiger partial charge in [-0.1, -0.05) is 0 Å². The van der Waals surface area contributed by atoms with Crippen LogP contribution >= 0.6 is 22.9 Å². The van der Waals surface area contributed by atoms with Crippen LogP contribution in [0.2, 0.25) is 0 Å². The summed E-state index contributed by atoms with van der Waals surface area (Å²) in [5.74, 6) is 0.519. The lowest BCUT2D eigenvalue weighted by atomic mass is 10.3. The molecule has 2 aromatic rings. The number of thiazole rings is 1. The van der Waals surface area contributed by atoms with Gasteiger partial charge in [-0.15, -0.1) is 11.3 Å². The third-order valence-electron chi connectivity index (χ3n) is 3.03. The van der Waals surface area contributed by atoms with E-state index in [0.717, 1.165) is 21.3 Å². The van der Waals surface area contributed by atoms with Crippen molar-refractivity contribution >= 4 is 39.6 Å². The highest BCUT2D eigenvalue weighted by atomic mass is 32.1. The van der Waals surface area contributed by atoms with Crippen molar-refractivity contribution in [2.24, 2.45) is 0 Å². The van der Waals surface area contributed by atoms with E-state index >= 15 is 0 Å². The Hall–Kier alpha value is -1.67. The number of nitrogens with two attached hydrogens (primary N) is 1. The maximum Gasteiger partial charge on any atom is 0.241 e. The topological polar surface area (TPSA) is 75.4 Å². The molecule has 0 spiro atoms. The number of amides is 1. The molecule has 0 atom stereocenters. The van der Waals surface area contributed by atoms with Crippen molar-refractivity contribution in [1.82, 2.24) is 14.3 Å². The Balaban J connectivity index is 2.37. The fourth-order valence-corrected chi connectivity index (χ4v) is 3.60. The average Bonchev–Trinajstić information content (AvgIpc) is 3.01. The van der Waals surface area contributed by atoms with Gasteiger partial charge in [0.15, 0.2) is 0 Å². The predicted octanol–water partition coefficient (Wildman–Crippen LogP) is 2.07. The van der Waals surface area contributed by atoms with Crippen molar-refractivity contribution in [3.63, 3.8) is 0 Å². The number of likely N-dealkylation sites (N-methyl/N-ethyl adjacent to an activating group) is 2. The third kappa shape index (κ3) is 3.33. The van der Waals surface area contributed by atoms with Crippen molar-refractivity contribution in [1.29, 1.82) is 0 Å². The van der Waals surface area contributed by atoms with Gasteiger partial charge in [-0.25, -0.2) is 4.98 Å². The summed E-state index contributed by atoms with van der Waals surface area (Å²) in [7, 11) is 3.50. The molecule has 0 radical (unpaired) electrons. The molecule has 0 aliphatic rings. The Morgan fingerprint density at radius 3 is 2.67 bits per heavy atom. The van der Waals surface area contributed by atoms with Gasteiger partial charge in [0, 0.05) is 31.7 Å². The van der Waals surface area contributed by atoms with Gasteiger partial charge in [-0.3, -0.25) is 4.79 Å². The number of anilines is 2. The molecule has 8 heteroatoms. The summed E-state index contributed by atoms with van der Waals surface area (Å²) >= 11 is 2.86. The molecule has 0 aliphatic carbocycles. The summed E-state index contributed by atoms with van der Waals surface area (Å²) in [4.78, 5) is 20.0. The number of carbonyl (C=O) groups is 1. The fraction of sp³-hybridized carbons (Fsp3) is 0.462. The van der Waals surface area contributed by atoms with Crippen LogP contribution in [0.15, 0.2) is 5.38 Å². The molecule has 0 fully saturated rings. The van der Waals surface area contributed by atoms with Crippen LogP contribution in [0.25, 0.3) is 10.6 Å². The number of rotatable bonds is 5. The molecule has 114 valence electrons.